The molecule has 2 atom stereocenters. The maximum absolute atomic E-state index is 8.79. The lowest BCUT2D eigenvalue weighted by Gasteiger charge is -2.13. The molecule has 1 aromatic heterocycles. The van der Waals surface area contributed by atoms with Crippen LogP contribution < -0.4 is 4.65 Å². The van der Waals surface area contributed by atoms with Gasteiger partial charge in [0.1, 0.15) is 0 Å². The fourth-order valence-electron chi connectivity index (χ4n) is 2.09. The fraction of sp³-hybridized carbons (Fsp3) is 0.545. The maximum Gasteiger partial charge on any atom is 0.708 e. The van der Waals surface area contributed by atoms with Gasteiger partial charge >= 0.3 is 7.32 Å². The first kappa shape index (κ1) is 11.4. The second kappa shape index (κ2) is 4.07. The van der Waals surface area contributed by atoms with Gasteiger partial charge in [-0.05, 0) is 30.2 Å². The Balaban J connectivity index is 2.14. The topological polar surface area (TPSA) is 62.6 Å². The average molecular weight is 221 g/mol. The minimum Gasteiger partial charge on any atom is -0.497 e. The molecule has 86 valence electrons. The molecular weight excluding hydrogens is 205 g/mol. The fourth-order valence-corrected chi connectivity index (χ4v) is 2.09. The molecule has 5 heteroatoms. The molecule has 1 heterocycles. The Morgan fingerprint density at radius 3 is 2.88 bits per heavy atom. The standard InChI is InChI=1S/C11H16BNO3/c1-8-6-11(8,2)7-9-4-3-5-13-10(9)16-12(14)15/h3-5,8,14-15H,6-7H2,1-2H3. The van der Waals surface area contributed by atoms with Gasteiger partial charge < -0.3 is 14.7 Å². The van der Waals surface area contributed by atoms with E-state index in [4.69, 9.17) is 14.7 Å². The van der Waals surface area contributed by atoms with E-state index in [0.717, 1.165) is 12.0 Å². The van der Waals surface area contributed by atoms with Crippen molar-refractivity contribution in [3.63, 3.8) is 0 Å². The van der Waals surface area contributed by atoms with E-state index in [2.05, 4.69) is 18.8 Å². The predicted octanol–water partition coefficient (Wildman–Crippen LogP) is 1.02. The van der Waals surface area contributed by atoms with Crippen LogP contribution in [0.25, 0.3) is 0 Å². The molecule has 2 unspecified atom stereocenters. The first-order valence-corrected chi connectivity index (χ1v) is 5.48. The van der Waals surface area contributed by atoms with E-state index >= 15 is 0 Å². The maximum atomic E-state index is 8.79. The van der Waals surface area contributed by atoms with Crippen LogP contribution in [0.3, 0.4) is 0 Å². The van der Waals surface area contributed by atoms with Crippen LogP contribution in [0.15, 0.2) is 18.3 Å². The molecular formula is C11H16BNO3. The highest BCUT2D eigenvalue weighted by molar-refractivity contribution is 6.33. The Morgan fingerprint density at radius 2 is 2.31 bits per heavy atom. The summed E-state index contributed by atoms with van der Waals surface area (Å²) >= 11 is 0. The number of aromatic nitrogens is 1. The number of rotatable bonds is 4. The third-order valence-electron chi connectivity index (χ3n) is 3.46. The SMILES string of the molecule is CC1CC1(C)Cc1cccnc1OB(O)O. The number of pyridine rings is 1. The van der Waals surface area contributed by atoms with Crippen molar-refractivity contribution in [2.45, 2.75) is 26.7 Å². The summed E-state index contributed by atoms with van der Waals surface area (Å²) in [6, 6.07) is 3.75. The Morgan fingerprint density at radius 1 is 1.62 bits per heavy atom. The largest absolute Gasteiger partial charge is 0.708 e. The first-order chi connectivity index (χ1) is 7.51. The van der Waals surface area contributed by atoms with E-state index < -0.39 is 7.32 Å². The molecule has 1 aliphatic rings. The molecule has 16 heavy (non-hydrogen) atoms. The van der Waals surface area contributed by atoms with Crippen molar-refractivity contribution in [3.05, 3.63) is 23.9 Å². The molecule has 1 saturated carbocycles. The average Bonchev–Trinajstić information content (AvgIpc) is 2.77. The molecule has 0 radical (unpaired) electrons. The summed E-state index contributed by atoms with van der Waals surface area (Å²) in [5.74, 6) is 1.03. The number of nitrogens with zero attached hydrogens (tertiary/aromatic N) is 1. The summed E-state index contributed by atoms with van der Waals surface area (Å²) in [5.41, 5.74) is 1.24. The van der Waals surface area contributed by atoms with Crippen molar-refractivity contribution in [1.82, 2.24) is 4.98 Å². The van der Waals surface area contributed by atoms with Crippen molar-refractivity contribution in [2.24, 2.45) is 11.3 Å². The molecule has 4 nitrogen and oxygen atoms in total. The van der Waals surface area contributed by atoms with Gasteiger partial charge in [0.15, 0.2) is 0 Å². The second-order valence-electron chi connectivity index (χ2n) is 4.85. The zero-order valence-electron chi connectivity index (χ0n) is 9.55. The lowest BCUT2D eigenvalue weighted by Crippen LogP contribution is -2.22. The summed E-state index contributed by atoms with van der Waals surface area (Å²) in [7, 11) is -1.81. The van der Waals surface area contributed by atoms with Crippen LogP contribution >= 0.6 is 0 Å². The van der Waals surface area contributed by atoms with Crippen molar-refractivity contribution in [3.8, 4) is 5.88 Å². The van der Waals surface area contributed by atoms with Crippen LogP contribution in [0.2, 0.25) is 0 Å². The molecule has 0 saturated heterocycles. The third-order valence-corrected chi connectivity index (χ3v) is 3.46. The third kappa shape index (κ3) is 2.36. The second-order valence-corrected chi connectivity index (χ2v) is 4.85. The Labute approximate surface area is 95.5 Å². The molecule has 0 spiro atoms. The van der Waals surface area contributed by atoms with E-state index in [1.54, 1.807) is 6.20 Å². The molecule has 2 N–H and O–H groups in total. The number of hydrogen-bond acceptors (Lipinski definition) is 4. The van der Waals surface area contributed by atoms with Gasteiger partial charge in [0.05, 0.1) is 0 Å². The molecule has 1 aromatic rings. The first-order valence-electron chi connectivity index (χ1n) is 5.48. The van der Waals surface area contributed by atoms with Crippen molar-refractivity contribution >= 4 is 7.32 Å². The molecule has 2 rings (SSSR count). The van der Waals surface area contributed by atoms with Crippen LogP contribution in [-0.4, -0.2) is 22.4 Å². The normalized spacial score (nSPS) is 27.6. The van der Waals surface area contributed by atoms with Crippen molar-refractivity contribution in [2.75, 3.05) is 0 Å². The van der Waals surface area contributed by atoms with Gasteiger partial charge in [0, 0.05) is 11.8 Å². The molecule has 0 amide bonds. The molecule has 0 aromatic carbocycles. The summed E-state index contributed by atoms with van der Waals surface area (Å²) < 4.78 is 4.85. The minimum absolute atomic E-state index is 0.307. The molecule has 1 fully saturated rings. The smallest absolute Gasteiger partial charge is 0.497 e. The van der Waals surface area contributed by atoms with Gasteiger partial charge in [0.2, 0.25) is 5.88 Å². The predicted molar refractivity (Wildman–Crippen MR) is 60.6 cm³/mol. The van der Waals surface area contributed by atoms with E-state index in [9.17, 15) is 0 Å². The van der Waals surface area contributed by atoms with Crippen LogP contribution in [-0.2, 0) is 6.42 Å². The molecule has 0 aliphatic heterocycles. The highest BCUT2D eigenvalue weighted by Gasteiger charge is 2.46. The van der Waals surface area contributed by atoms with Gasteiger partial charge in [-0.1, -0.05) is 19.9 Å². The zero-order valence-corrected chi connectivity index (χ0v) is 9.55. The quantitative estimate of drug-likeness (QED) is 0.745. The van der Waals surface area contributed by atoms with E-state index in [-0.39, 0.29) is 0 Å². The highest BCUT2D eigenvalue weighted by Crippen LogP contribution is 2.54. The minimum atomic E-state index is -1.81. The van der Waals surface area contributed by atoms with Crippen LogP contribution in [0, 0.1) is 11.3 Å². The van der Waals surface area contributed by atoms with Gasteiger partial charge in [-0.25, -0.2) is 4.98 Å². The highest BCUT2D eigenvalue weighted by atomic mass is 16.6. The van der Waals surface area contributed by atoms with E-state index in [0.29, 0.717) is 17.2 Å². The summed E-state index contributed by atoms with van der Waals surface area (Å²) in [6.07, 6.45) is 3.65. The van der Waals surface area contributed by atoms with E-state index in [1.807, 2.05) is 12.1 Å². The van der Waals surface area contributed by atoms with Crippen LogP contribution in [0.1, 0.15) is 25.8 Å². The summed E-state index contributed by atoms with van der Waals surface area (Å²) in [5, 5.41) is 17.6. The summed E-state index contributed by atoms with van der Waals surface area (Å²) in [6.45, 7) is 4.45. The molecule has 1 aliphatic carbocycles. The Bertz CT molecular complexity index is 385. The van der Waals surface area contributed by atoms with Crippen molar-refractivity contribution < 1.29 is 14.7 Å². The van der Waals surface area contributed by atoms with Gasteiger partial charge in [0.25, 0.3) is 0 Å². The lowest BCUT2D eigenvalue weighted by atomic mass is 9.97. The van der Waals surface area contributed by atoms with Crippen LogP contribution in [0.4, 0.5) is 0 Å². The van der Waals surface area contributed by atoms with Gasteiger partial charge in [-0.2, -0.15) is 0 Å². The monoisotopic (exact) mass is 221 g/mol. The zero-order chi connectivity index (χ0) is 11.8. The van der Waals surface area contributed by atoms with Gasteiger partial charge in [-0.3, -0.25) is 0 Å². The van der Waals surface area contributed by atoms with Crippen LogP contribution in [0.5, 0.6) is 5.88 Å². The van der Waals surface area contributed by atoms with Gasteiger partial charge in [-0.15, -0.1) is 0 Å². The van der Waals surface area contributed by atoms with Crippen molar-refractivity contribution in [1.29, 1.82) is 0 Å². The Hall–Kier alpha value is -1.07. The lowest BCUT2D eigenvalue weighted by molar-refractivity contribution is 0.281. The molecule has 0 bridgehead atoms. The summed E-state index contributed by atoms with van der Waals surface area (Å²) in [4.78, 5) is 4.01. The van der Waals surface area contributed by atoms with E-state index in [1.165, 1.54) is 6.42 Å². The number of hydrogen-bond donors (Lipinski definition) is 2. The Kier molecular flexibility index (Phi) is 2.91.